The van der Waals surface area contributed by atoms with E-state index in [0.717, 1.165) is 21.5 Å². The molecule has 0 bridgehead atoms. The number of aryl methyl sites for hydroxylation is 1. The number of hydrogen-bond acceptors (Lipinski definition) is 3. The maximum Gasteiger partial charge on any atom is 0.144 e. The molecule has 0 atom stereocenters. The topological polar surface area (TPSA) is 37.8 Å². The van der Waals surface area contributed by atoms with Gasteiger partial charge in [-0.2, -0.15) is 0 Å². The highest BCUT2D eigenvalue weighted by molar-refractivity contribution is 9.10. The predicted octanol–water partition coefficient (Wildman–Crippen LogP) is 3.94. The van der Waals surface area contributed by atoms with Crippen molar-refractivity contribution in [2.75, 3.05) is 5.32 Å². The SMILES string of the molecule is Cc1ccncc1Nc1ncc(Cl)cc1Br. The van der Waals surface area contributed by atoms with Crippen LogP contribution in [0.1, 0.15) is 5.56 Å². The zero-order valence-corrected chi connectivity index (χ0v) is 10.9. The van der Waals surface area contributed by atoms with E-state index in [1.165, 1.54) is 0 Å². The van der Waals surface area contributed by atoms with Gasteiger partial charge in [0.25, 0.3) is 0 Å². The molecule has 2 aromatic rings. The third kappa shape index (κ3) is 2.51. The normalized spacial score (nSPS) is 10.2. The van der Waals surface area contributed by atoms with E-state index in [0.29, 0.717) is 5.02 Å². The minimum Gasteiger partial charge on any atom is -0.338 e. The van der Waals surface area contributed by atoms with Crippen molar-refractivity contribution < 1.29 is 0 Å². The van der Waals surface area contributed by atoms with Crippen molar-refractivity contribution in [1.29, 1.82) is 0 Å². The van der Waals surface area contributed by atoms with E-state index in [-0.39, 0.29) is 0 Å². The van der Waals surface area contributed by atoms with E-state index in [1.807, 2.05) is 13.0 Å². The van der Waals surface area contributed by atoms with Crippen molar-refractivity contribution in [2.24, 2.45) is 0 Å². The Morgan fingerprint density at radius 3 is 2.88 bits per heavy atom. The van der Waals surface area contributed by atoms with Gasteiger partial charge in [0.05, 0.1) is 21.4 Å². The Bertz CT molecular complexity index is 516. The van der Waals surface area contributed by atoms with Crippen molar-refractivity contribution in [2.45, 2.75) is 6.92 Å². The van der Waals surface area contributed by atoms with E-state index < -0.39 is 0 Å². The van der Waals surface area contributed by atoms with Crippen LogP contribution < -0.4 is 5.32 Å². The zero-order valence-electron chi connectivity index (χ0n) is 8.54. The quantitative estimate of drug-likeness (QED) is 0.912. The lowest BCUT2D eigenvalue weighted by molar-refractivity contribution is 1.24. The standard InChI is InChI=1S/C11H9BrClN3/c1-7-2-3-14-6-10(7)16-11-9(12)4-8(13)5-15-11/h2-6H,1H3,(H,15,16). The fourth-order valence-electron chi connectivity index (χ4n) is 1.23. The molecule has 0 saturated carbocycles. The molecule has 2 aromatic heterocycles. The summed E-state index contributed by atoms with van der Waals surface area (Å²) in [5, 5.41) is 3.79. The van der Waals surface area contributed by atoms with Gasteiger partial charge in [-0.25, -0.2) is 4.98 Å². The van der Waals surface area contributed by atoms with Crippen LogP contribution in [0.15, 0.2) is 35.2 Å². The number of pyridine rings is 2. The Labute approximate surface area is 107 Å². The summed E-state index contributed by atoms with van der Waals surface area (Å²) in [4.78, 5) is 8.25. The van der Waals surface area contributed by atoms with Gasteiger partial charge in [-0.05, 0) is 40.5 Å². The van der Waals surface area contributed by atoms with Crippen LogP contribution in [0.4, 0.5) is 11.5 Å². The molecule has 0 aliphatic heterocycles. The molecule has 0 aliphatic carbocycles. The van der Waals surface area contributed by atoms with Crippen LogP contribution in [0.3, 0.4) is 0 Å². The molecule has 0 fully saturated rings. The summed E-state index contributed by atoms with van der Waals surface area (Å²) in [5.41, 5.74) is 2.04. The van der Waals surface area contributed by atoms with Gasteiger partial charge in [-0.15, -0.1) is 0 Å². The maximum absolute atomic E-state index is 5.82. The fraction of sp³-hybridized carbons (Fsp3) is 0.0909. The molecule has 5 heteroatoms. The Hall–Kier alpha value is -1.13. The van der Waals surface area contributed by atoms with Crippen molar-refractivity contribution in [1.82, 2.24) is 9.97 Å². The number of hydrogen-bond donors (Lipinski definition) is 1. The van der Waals surface area contributed by atoms with E-state index in [1.54, 1.807) is 24.7 Å². The number of halogens is 2. The number of nitrogens with zero attached hydrogens (tertiary/aromatic N) is 2. The molecule has 82 valence electrons. The molecule has 0 spiro atoms. The van der Waals surface area contributed by atoms with Crippen LogP contribution in [-0.2, 0) is 0 Å². The summed E-state index contributed by atoms with van der Waals surface area (Å²) >= 11 is 9.22. The molecule has 0 aliphatic rings. The van der Waals surface area contributed by atoms with Crippen LogP contribution in [0, 0.1) is 6.92 Å². The molecule has 0 amide bonds. The number of nitrogens with one attached hydrogen (secondary N) is 1. The Morgan fingerprint density at radius 1 is 1.38 bits per heavy atom. The molecule has 2 rings (SSSR count). The van der Waals surface area contributed by atoms with Crippen molar-refractivity contribution in [3.63, 3.8) is 0 Å². The second-order valence-corrected chi connectivity index (χ2v) is 4.59. The molecular weight excluding hydrogens is 289 g/mol. The lowest BCUT2D eigenvalue weighted by atomic mass is 10.2. The van der Waals surface area contributed by atoms with Gasteiger partial charge in [-0.1, -0.05) is 11.6 Å². The second kappa shape index (κ2) is 4.80. The van der Waals surface area contributed by atoms with E-state index >= 15 is 0 Å². The van der Waals surface area contributed by atoms with Crippen molar-refractivity contribution in [3.05, 3.63) is 45.8 Å². The largest absolute Gasteiger partial charge is 0.338 e. The van der Waals surface area contributed by atoms with Gasteiger partial charge in [0.1, 0.15) is 5.82 Å². The maximum atomic E-state index is 5.82. The van der Waals surface area contributed by atoms with Crippen LogP contribution >= 0.6 is 27.5 Å². The van der Waals surface area contributed by atoms with E-state index in [2.05, 4.69) is 31.2 Å². The first-order valence-corrected chi connectivity index (χ1v) is 5.82. The molecule has 0 saturated heterocycles. The first-order chi connectivity index (χ1) is 7.66. The van der Waals surface area contributed by atoms with Crippen molar-refractivity contribution in [3.8, 4) is 0 Å². The number of aromatic nitrogens is 2. The summed E-state index contributed by atoms with van der Waals surface area (Å²) in [5.74, 6) is 0.723. The third-order valence-corrected chi connectivity index (χ3v) is 2.91. The van der Waals surface area contributed by atoms with Gasteiger partial charge >= 0.3 is 0 Å². The summed E-state index contributed by atoms with van der Waals surface area (Å²) < 4.78 is 0.822. The van der Waals surface area contributed by atoms with Gasteiger partial charge in [0, 0.05) is 12.4 Å². The minimum absolute atomic E-state index is 0.598. The highest BCUT2D eigenvalue weighted by Crippen LogP contribution is 2.26. The highest BCUT2D eigenvalue weighted by Gasteiger charge is 2.04. The monoisotopic (exact) mass is 297 g/mol. The smallest absolute Gasteiger partial charge is 0.144 e. The molecule has 0 unspecified atom stereocenters. The molecule has 0 aromatic carbocycles. The van der Waals surface area contributed by atoms with E-state index in [9.17, 15) is 0 Å². The van der Waals surface area contributed by atoms with Gasteiger partial charge in [0.2, 0.25) is 0 Å². The number of anilines is 2. The lowest BCUT2D eigenvalue weighted by Gasteiger charge is -2.09. The van der Waals surface area contributed by atoms with Gasteiger partial charge < -0.3 is 5.32 Å². The second-order valence-electron chi connectivity index (χ2n) is 3.30. The average molecular weight is 299 g/mol. The average Bonchev–Trinajstić information content (AvgIpc) is 2.25. The van der Waals surface area contributed by atoms with Crippen molar-refractivity contribution >= 4 is 39.0 Å². The lowest BCUT2D eigenvalue weighted by Crippen LogP contribution is -1.97. The first kappa shape index (κ1) is 11.4. The summed E-state index contributed by atoms with van der Waals surface area (Å²) in [7, 11) is 0. The summed E-state index contributed by atoms with van der Waals surface area (Å²) in [6.45, 7) is 2.01. The van der Waals surface area contributed by atoms with Gasteiger partial charge in [-0.3, -0.25) is 4.98 Å². The van der Waals surface area contributed by atoms with Crippen LogP contribution in [0.5, 0.6) is 0 Å². The minimum atomic E-state index is 0.598. The van der Waals surface area contributed by atoms with Crippen LogP contribution in [0.2, 0.25) is 5.02 Å². The Morgan fingerprint density at radius 2 is 2.19 bits per heavy atom. The predicted molar refractivity (Wildman–Crippen MR) is 69.2 cm³/mol. The molecular formula is C11H9BrClN3. The summed E-state index contributed by atoms with van der Waals surface area (Å²) in [6, 6.07) is 3.73. The molecule has 2 heterocycles. The van der Waals surface area contributed by atoms with Crippen LogP contribution in [0.25, 0.3) is 0 Å². The van der Waals surface area contributed by atoms with Gasteiger partial charge in [0.15, 0.2) is 0 Å². The highest BCUT2D eigenvalue weighted by atomic mass is 79.9. The molecule has 16 heavy (non-hydrogen) atoms. The van der Waals surface area contributed by atoms with E-state index in [4.69, 9.17) is 11.6 Å². The van der Waals surface area contributed by atoms with Crippen LogP contribution in [-0.4, -0.2) is 9.97 Å². The number of rotatable bonds is 2. The fourth-order valence-corrected chi connectivity index (χ4v) is 1.97. The zero-order chi connectivity index (χ0) is 11.5. The Balaban J connectivity index is 2.31. The Kier molecular flexibility index (Phi) is 3.41. The first-order valence-electron chi connectivity index (χ1n) is 4.65. The third-order valence-electron chi connectivity index (χ3n) is 2.10. The molecule has 3 nitrogen and oxygen atoms in total. The molecule has 0 radical (unpaired) electrons. The summed E-state index contributed by atoms with van der Waals surface area (Å²) in [6.07, 6.45) is 5.11. The molecule has 1 N–H and O–H groups in total.